The number of ether oxygens (including phenoxy) is 1. The topological polar surface area (TPSA) is 150 Å². The van der Waals surface area contributed by atoms with Crippen LogP contribution in [0.4, 0.5) is 11.4 Å². The second-order valence-electron chi connectivity index (χ2n) is 3.76. The summed E-state index contributed by atoms with van der Waals surface area (Å²) in [7, 11) is -4.22. The first-order chi connectivity index (χ1) is 9.11. The van der Waals surface area contributed by atoms with Crippen LogP contribution in [0, 0.1) is 27.2 Å². The van der Waals surface area contributed by atoms with Crippen LogP contribution in [-0.2, 0) is 10.1 Å². The van der Waals surface area contributed by atoms with Gasteiger partial charge in [0.1, 0.15) is 18.1 Å². The van der Waals surface area contributed by atoms with Gasteiger partial charge in [0.25, 0.3) is 10.1 Å². The molecule has 0 bridgehead atoms. The number of nitrogens with zero attached hydrogens (tertiary/aromatic N) is 2. The lowest BCUT2D eigenvalue weighted by Gasteiger charge is -2.08. The first-order valence-corrected chi connectivity index (χ1v) is 6.74. The number of rotatable bonds is 6. The number of nitro groups is 2. The van der Waals surface area contributed by atoms with Gasteiger partial charge in [0.2, 0.25) is 0 Å². The first-order valence-electron chi connectivity index (χ1n) is 5.13. The van der Waals surface area contributed by atoms with Crippen molar-refractivity contribution in [1.82, 2.24) is 0 Å². The summed E-state index contributed by atoms with van der Waals surface area (Å²) < 4.78 is 34.5. The SMILES string of the molecule is Cc1cc([N+](=O)[O-])c([N+](=O)[O-])cc1OCCS(=O)(=O)O. The summed E-state index contributed by atoms with van der Waals surface area (Å²) in [6, 6.07) is 1.80. The molecule has 0 spiro atoms. The van der Waals surface area contributed by atoms with Crippen molar-refractivity contribution in [2.45, 2.75) is 6.92 Å². The molecule has 0 radical (unpaired) electrons. The smallest absolute Gasteiger partial charge is 0.349 e. The highest BCUT2D eigenvalue weighted by Gasteiger charge is 2.26. The summed E-state index contributed by atoms with van der Waals surface area (Å²) in [6.45, 7) is 0.980. The van der Waals surface area contributed by atoms with Crippen molar-refractivity contribution < 1.29 is 27.6 Å². The van der Waals surface area contributed by atoms with Gasteiger partial charge in [-0.05, 0) is 12.5 Å². The van der Waals surface area contributed by atoms with Crippen LogP contribution in [0.5, 0.6) is 5.75 Å². The molecule has 0 aromatic heterocycles. The molecule has 0 fully saturated rings. The van der Waals surface area contributed by atoms with Crippen molar-refractivity contribution in [2.75, 3.05) is 12.4 Å². The van der Waals surface area contributed by atoms with Crippen molar-refractivity contribution in [3.05, 3.63) is 37.9 Å². The van der Waals surface area contributed by atoms with E-state index in [-0.39, 0.29) is 11.3 Å². The molecule has 0 atom stereocenters. The minimum atomic E-state index is -4.22. The van der Waals surface area contributed by atoms with Gasteiger partial charge in [0.05, 0.1) is 15.9 Å². The molecular weight excluding hydrogens is 296 g/mol. The molecule has 0 unspecified atom stereocenters. The van der Waals surface area contributed by atoms with Gasteiger partial charge in [-0.2, -0.15) is 8.42 Å². The Balaban J connectivity index is 3.07. The standard InChI is InChI=1S/C9H10N2O8S/c1-6-4-7(10(12)13)8(11(14)15)5-9(6)19-2-3-20(16,17)18/h4-5H,2-3H2,1H3,(H,16,17,18). The fraction of sp³-hybridized carbons (Fsp3) is 0.333. The molecule has 0 saturated carbocycles. The van der Waals surface area contributed by atoms with Gasteiger partial charge in [0.15, 0.2) is 0 Å². The lowest BCUT2D eigenvalue weighted by Crippen LogP contribution is -2.13. The van der Waals surface area contributed by atoms with Crippen LogP contribution >= 0.6 is 0 Å². The number of aryl methyl sites for hydroxylation is 1. The zero-order chi connectivity index (χ0) is 15.5. The van der Waals surface area contributed by atoms with Crippen molar-refractivity contribution in [1.29, 1.82) is 0 Å². The number of benzene rings is 1. The maximum absolute atomic E-state index is 10.7. The summed E-state index contributed by atoms with van der Waals surface area (Å²) in [5.74, 6) is -0.761. The van der Waals surface area contributed by atoms with E-state index in [1.54, 1.807) is 0 Å². The van der Waals surface area contributed by atoms with E-state index in [1.807, 2.05) is 0 Å². The Morgan fingerprint density at radius 2 is 1.70 bits per heavy atom. The molecule has 1 aromatic carbocycles. The second kappa shape index (κ2) is 5.79. The van der Waals surface area contributed by atoms with Crippen LogP contribution < -0.4 is 4.74 Å². The third kappa shape index (κ3) is 4.13. The van der Waals surface area contributed by atoms with Crippen molar-refractivity contribution >= 4 is 21.5 Å². The average molecular weight is 306 g/mol. The van der Waals surface area contributed by atoms with Crippen LogP contribution in [0.15, 0.2) is 12.1 Å². The Morgan fingerprint density at radius 1 is 1.20 bits per heavy atom. The fourth-order valence-electron chi connectivity index (χ4n) is 1.37. The molecule has 11 heteroatoms. The first kappa shape index (κ1) is 15.8. The lowest BCUT2D eigenvalue weighted by molar-refractivity contribution is -0.422. The minimum Gasteiger partial charge on any atom is -0.492 e. The van der Waals surface area contributed by atoms with E-state index in [0.717, 1.165) is 12.1 Å². The normalized spacial score (nSPS) is 11.1. The van der Waals surface area contributed by atoms with Crippen LogP contribution in [-0.4, -0.2) is 35.2 Å². The van der Waals surface area contributed by atoms with E-state index < -0.39 is 43.7 Å². The zero-order valence-electron chi connectivity index (χ0n) is 10.2. The molecule has 0 amide bonds. The average Bonchev–Trinajstić information content (AvgIpc) is 2.28. The van der Waals surface area contributed by atoms with Gasteiger partial charge in [-0.25, -0.2) is 0 Å². The third-order valence-corrected chi connectivity index (χ3v) is 2.95. The highest BCUT2D eigenvalue weighted by Crippen LogP contribution is 2.33. The van der Waals surface area contributed by atoms with Crippen molar-refractivity contribution in [3.63, 3.8) is 0 Å². The molecule has 1 N–H and O–H groups in total. The van der Waals surface area contributed by atoms with Crippen molar-refractivity contribution in [2.24, 2.45) is 0 Å². The number of hydrogen-bond acceptors (Lipinski definition) is 7. The highest BCUT2D eigenvalue weighted by molar-refractivity contribution is 7.85. The minimum absolute atomic E-state index is 0.0639. The van der Waals surface area contributed by atoms with Gasteiger partial charge < -0.3 is 4.74 Å². The largest absolute Gasteiger partial charge is 0.492 e. The molecule has 0 heterocycles. The quantitative estimate of drug-likeness (QED) is 0.465. The van der Waals surface area contributed by atoms with Gasteiger partial charge in [-0.1, -0.05) is 0 Å². The van der Waals surface area contributed by atoms with Gasteiger partial charge in [-0.15, -0.1) is 0 Å². The number of nitro benzene ring substituents is 2. The molecule has 110 valence electrons. The predicted molar refractivity (Wildman–Crippen MR) is 66.4 cm³/mol. The summed E-state index contributed by atoms with van der Waals surface area (Å²) in [5, 5.41) is 21.4. The highest BCUT2D eigenvalue weighted by atomic mass is 32.2. The molecule has 20 heavy (non-hydrogen) atoms. The fourth-order valence-corrected chi connectivity index (χ4v) is 1.66. The van der Waals surface area contributed by atoms with Crippen LogP contribution in [0.3, 0.4) is 0 Å². The molecule has 1 aromatic rings. The van der Waals surface area contributed by atoms with Crippen molar-refractivity contribution in [3.8, 4) is 5.75 Å². The molecule has 0 saturated heterocycles. The van der Waals surface area contributed by atoms with Crippen LogP contribution in [0.1, 0.15) is 5.56 Å². The summed E-state index contributed by atoms with van der Waals surface area (Å²) in [4.78, 5) is 19.6. The van der Waals surface area contributed by atoms with Gasteiger partial charge in [-0.3, -0.25) is 24.8 Å². The molecule has 0 aliphatic rings. The molecule has 0 aliphatic heterocycles. The van der Waals surface area contributed by atoms with E-state index in [0.29, 0.717) is 0 Å². The molecule has 1 rings (SSSR count). The molecular formula is C9H10N2O8S. The Bertz CT molecular complexity index is 654. The predicted octanol–water partition coefficient (Wildman–Crippen LogP) is 1.08. The van der Waals surface area contributed by atoms with E-state index >= 15 is 0 Å². The Kier molecular flexibility index (Phi) is 4.57. The Labute approximate surface area is 113 Å². The van der Waals surface area contributed by atoms with Gasteiger partial charge >= 0.3 is 11.4 Å². The monoisotopic (exact) mass is 306 g/mol. The Hall–Kier alpha value is -2.27. The molecule has 10 nitrogen and oxygen atoms in total. The van der Waals surface area contributed by atoms with Crippen LogP contribution in [0.25, 0.3) is 0 Å². The number of hydrogen-bond donors (Lipinski definition) is 1. The summed E-state index contributed by atoms with van der Waals surface area (Å²) >= 11 is 0. The van der Waals surface area contributed by atoms with Crippen LogP contribution in [0.2, 0.25) is 0 Å². The molecule has 0 aliphatic carbocycles. The third-order valence-electron chi connectivity index (χ3n) is 2.26. The second-order valence-corrected chi connectivity index (χ2v) is 5.33. The maximum atomic E-state index is 10.7. The Morgan fingerprint density at radius 3 is 2.15 bits per heavy atom. The summed E-state index contributed by atoms with van der Waals surface area (Å²) in [5.41, 5.74) is -1.21. The van der Waals surface area contributed by atoms with Gasteiger partial charge in [0, 0.05) is 6.07 Å². The van der Waals surface area contributed by atoms with E-state index in [2.05, 4.69) is 0 Å². The zero-order valence-corrected chi connectivity index (χ0v) is 11.0. The lowest BCUT2D eigenvalue weighted by atomic mass is 10.1. The summed E-state index contributed by atoms with van der Waals surface area (Å²) in [6.07, 6.45) is 0. The van der Waals surface area contributed by atoms with E-state index in [4.69, 9.17) is 9.29 Å². The van der Waals surface area contributed by atoms with E-state index in [1.165, 1.54) is 6.92 Å². The maximum Gasteiger partial charge on any atom is 0.349 e. The van der Waals surface area contributed by atoms with E-state index in [9.17, 15) is 28.6 Å².